The number of rotatable bonds is 6. The quantitative estimate of drug-likeness (QED) is 0.690. The van der Waals surface area contributed by atoms with Crippen molar-refractivity contribution in [1.29, 1.82) is 0 Å². The summed E-state index contributed by atoms with van der Waals surface area (Å²) in [6, 6.07) is 14.0. The first kappa shape index (κ1) is 18.5. The Hall–Kier alpha value is -3.28. The molecule has 2 N–H and O–H groups in total. The van der Waals surface area contributed by atoms with Crippen molar-refractivity contribution >= 4 is 17.4 Å². The molecule has 0 spiro atoms. The van der Waals surface area contributed by atoms with Crippen molar-refractivity contribution in [1.82, 2.24) is 9.97 Å². The van der Waals surface area contributed by atoms with Crippen LogP contribution in [0.5, 0.6) is 0 Å². The number of nitrogens with one attached hydrogen (secondary N) is 2. The van der Waals surface area contributed by atoms with Gasteiger partial charge in [0.25, 0.3) is 5.91 Å². The minimum absolute atomic E-state index is 0.226. The van der Waals surface area contributed by atoms with Crippen LogP contribution in [0.15, 0.2) is 54.9 Å². The molecule has 27 heavy (non-hydrogen) atoms. The van der Waals surface area contributed by atoms with E-state index in [1.807, 2.05) is 32.0 Å². The normalized spacial score (nSPS) is 10.5. The smallest absolute Gasteiger partial charge is 0.274 e. The Morgan fingerprint density at radius 3 is 2.63 bits per heavy atom. The van der Waals surface area contributed by atoms with E-state index in [4.69, 9.17) is 0 Å². The number of hydrogen-bond acceptors (Lipinski definition) is 4. The first-order chi connectivity index (χ1) is 13.0. The Morgan fingerprint density at radius 1 is 1.04 bits per heavy atom. The van der Waals surface area contributed by atoms with Gasteiger partial charge < -0.3 is 10.6 Å². The van der Waals surface area contributed by atoms with Crippen LogP contribution in [0.4, 0.5) is 15.9 Å². The van der Waals surface area contributed by atoms with Gasteiger partial charge in [-0.15, -0.1) is 0 Å². The number of nitrogens with zero attached hydrogens (tertiary/aromatic N) is 2. The number of aryl methyl sites for hydroxylation is 2. The molecular formula is C21H21FN4O. The molecule has 0 bridgehead atoms. The molecule has 0 aliphatic heterocycles. The average molecular weight is 364 g/mol. The van der Waals surface area contributed by atoms with Crippen molar-refractivity contribution in [2.45, 2.75) is 20.3 Å². The van der Waals surface area contributed by atoms with Gasteiger partial charge in [0, 0.05) is 18.3 Å². The maximum atomic E-state index is 13.6. The van der Waals surface area contributed by atoms with Crippen molar-refractivity contribution < 1.29 is 9.18 Å². The minimum Gasteiger partial charge on any atom is -0.370 e. The zero-order chi connectivity index (χ0) is 19.2. The molecule has 0 fully saturated rings. The lowest BCUT2D eigenvalue weighted by molar-refractivity contribution is 0.102. The second-order valence-corrected chi connectivity index (χ2v) is 6.31. The van der Waals surface area contributed by atoms with Crippen molar-refractivity contribution in [2.75, 3.05) is 17.2 Å². The monoisotopic (exact) mass is 364 g/mol. The fraction of sp³-hybridized carbons (Fsp3) is 0.190. The van der Waals surface area contributed by atoms with Gasteiger partial charge in [0.1, 0.15) is 23.7 Å². The van der Waals surface area contributed by atoms with E-state index in [0.29, 0.717) is 24.3 Å². The fourth-order valence-electron chi connectivity index (χ4n) is 2.62. The van der Waals surface area contributed by atoms with Gasteiger partial charge in [0.15, 0.2) is 0 Å². The minimum atomic E-state index is -0.308. The van der Waals surface area contributed by atoms with Gasteiger partial charge in [-0.3, -0.25) is 4.79 Å². The molecule has 138 valence electrons. The van der Waals surface area contributed by atoms with Crippen LogP contribution >= 0.6 is 0 Å². The Balaban J connectivity index is 1.61. The van der Waals surface area contributed by atoms with E-state index in [1.54, 1.807) is 24.3 Å². The van der Waals surface area contributed by atoms with Crippen molar-refractivity contribution in [2.24, 2.45) is 0 Å². The number of halogens is 1. The van der Waals surface area contributed by atoms with Gasteiger partial charge in [0.05, 0.1) is 0 Å². The van der Waals surface area contributed by atoms with Crippen molar-refractivity contribution in [3.05, 3.63) is 83.1 Å². The Kier molecular flexibility index (Phi) is 5.76. The van der Waals surface area contributed by atoms with Crippen LogP contribution < -0.4 is 10.6 Å². The average Bonchev–Trinajstić information content (AvgIpc) is 2.66. The molecule has 0 radical (unpaired) electrons. The largest absolute Gasteiger partial charge is 0.370 e. The Bertz CT molecular complexity index is 958. The molecule has 1 heterocycles. The molecule has 1 amide bonds. The van der Waals surface area contributed by atoms with Gasteiger partial charge >= 0.3 is 0 Å². The summed E-state index contributed by atoms with van der Waals surface area (Å²) in [5, 5.41) is 5.93. The summed E-state index contributed by atoms with van der Waals surface area (Å²) in [5.41, 5.74) is 3.88. The molecule has 0 unspecified atom stereocenters. The third kappa shape index (κ3) is 4.88. The van der Waals surface area contributed by atoms with E-state index in [1.165, 1.54) is 12.4 Å². The standard InChI is InChI=1S/C21H21FN4O/c1-14-7-8-17(11-15(14)2)26-21(27)19-12-20(25-13-24-19)23-10-9-16-5-3-4-6-18(16)22/h3-8,11-13H,9-10H2,1-2H3,(H,26,27)(H,23,24,25). The number of aromatic nitrogens is 2. The second-order valence-electron chi connectivity index (χ2n) is 6.31. The number of benzene rings is 2. The summed E-state index contributed by atoms with van der Waals surface area (Å²) in [4.78, 5) is 20.6. The summed E-state index contributed by atoms with van der Waals surface area (Å²) < 4.78 is 13.6. The first-order valence-corrected chi connectivity index (χ1v) is 8.71. The number of anilines is 2. The first-order valence-electron chi connectivity index (χ1n) is 8.71. The molecule has 0 saturated carbocycles. The fourth-order valence-corrected chi connectivity index (χ4v) is 2.62. The molecule has 3 rings (SSSR count). The lowest BCUT2D eigenvalue weighted by Crippen LogP contribution is -2.15. The van der Waals surface area contributed by atoms with E-state index in [-0.39, 0.29) is 17.4 Å². The highest BCUT2D eigenvalue weighted by Crippen LogP contribution is 2.15. The van der Waals surface area contributed by atoms with Crippen LogP contribution in [0.2, 0.25) is 0 Å². The van der Waals surface area contributed by atoms with E-state index in [2.05, 4.69) is 20.6 Å². The Morgan fingerprint density at radius 2 is 1.85 bits per heavy atom. The van der Waals surface area contributed by atoms with E-state index < -0.39 is 0 Å². The molecule has 1 aromatic heterocycles. The topological polar surface area (TPSA) is 66.9 Å². The summed E-state index contributed by atoms with van der Waals surface area (Å²) in [7, 11) is 0. The van der Waals surface area contributed by atoms with Crippen LogP contribution in [0.1, 0.15) is 27.2 Å². The zero-order valence-electron chi connectivity index (χ0n) is 15.3. The molecule has 6 heteroatoms. The molecule has 0 saturated heterocycles. The predicted molar refractivity (Wildman–Crippen MR) is 104 cm³/mol. The van der Waals surface area contributed by atoms with Gasteiger partial charge in [-0.05, 0) is 55.2 Å². The second kappa shape index (κ2) is 8.40. The predicted octanol–water partition coefficient (Wildman–Crippen LogP) is 4.14. The number of hydrogen-bond donors (Lipinski definition) is 2. The third-order valence-corrected chi connectivity index (χ3v) is 4.32. The molecule has 3 aromatic rings. The van der Waals surface area contributed by atoms with Gasteiger partial charge in [0.2, 0.25) is 0 Å². The van der Waals surface area contributed by atoms with Gasteiger partial charge in [-0.2, -0.15) is 0 Å². The number of carbonyl (C=O) groups is 1. The van der Waals surface area contributed by atoms with Crippen LogP contribution in [-0.4, -0.2) is 22.4 Å². The molecule has 2 aromatic carbocycles. The van der Waals surface area contributed by atoms with Gasteiger partial charge in [-0.1, -0.05) is 24.3 Å². The van der Waals surface area contributed by atoms with Crippen LogP contribution in [0, 0.1) is 19.7 Å². The van der Waals surface area contributed by atoms with E-state index in [0.717, 1.165) is 16.8 Å². The number of amides is 1. The highest BCUT2D eigenvalue weighted by Gasteiger charge is 2.10. The lowest BCUT2D eigenvalue weighted by Gasteiger charge is -2.09. The molecule has 5 nitrogen and oxygen atoms in total. The molecule has 0 atom stereocenters. The maximum absolute atomic E-state index is 13.6. The zero-order valence-corrected chi connectivity index (χ0v) is 15.3. The third-order valence-electron chi connectivity index (χ3n) is 4.32. The van der Waals surface area contributed by atoms with Gasteiger partial charge in [-0.25, -0.2) is 14.4 Å². The van der Waals surface area contributed by atoms with Crippen molar-refractivity contribution in [3.8, 4) is 0 Å². The highest BCUT2D eigenvalue weighted by atomic mass is 19.1. The summed E-state index contributed by atoms with van der Waals surface area (Å²) in [6.45, 7) is 4.51. The molecule has 0 aliphatic carbocycles. The van der Waals surface area contributed by atoms with Crippen LogP contribution in [-0.2, 0) is 6.42 Å². The van der Waals surface area contributed by atoms with E-state index in [9.17, 15) is 9.18 Å². The summed E-state index contributed by atoms with van der Waals surface area (Å²) in [5.74, 6) is -0.0140. The van der Waals surface area contributed by atoms with Crippen LogP contribution in [0.25, 0.3) is 0 Å². The highest BCUT2D eigenvalue weighted by molar-refractivity contribution is 6.03. The SMILES string of the molecule is Cc1ccc(NC(=O)c2cc(NCCc3ccccc3F)ncn2)cc1C. The van der Waals surface area contributed by atoms with Crippen LogP contribution in [0.3, 0.4) is 0 Å². The summed E-state index contributed by atoms with van der Waals surface area (Å²) >= 11 is 0. The maximum Gasteiger partial charge on any atom is 0.274 e. The van der Waals surface area contributed by atoms with E-state index >= 15 is 0 Å². The Labute approximate surface area is 157 Å². The van der Waals surface area contributed by atoms with Crippen molar-refractivity contribution in [3.63, 3.8) is 0 Å². The summed E-state index contributed by atoms with van der Waals surface area (Å²) in [6.07, 6.45) is 1.85. The number of carbonyl (C=O) groups excluding carboxylic acids is 1. The molecular weight excluding hydrogens is 343 g/mol. The molecule has 0 aliphatic rings. The lowest BCUT2D eigenvalue weighted by atomic mass is 10.1.